The van der Waals surface area contributed by atoms with Crippen LogP contribution in [-0.4, -0.2) is 24.0 Å². The Morgan fingerprint density at radius 2 is 2.42 bits per heavy atom. The molecule has 0 spiro atoms. The van der Waals surface area contributed by atoms with E-state index in [1.54, 1.807) is 11.3 Å². The maximum atomic E-state index is 12.1. The monoisotopic (exact) mass is 279 g/mol. The number of amides is 1. The number of hydrogen-bond acceptors (Lipinski definition) is 4. The lowest BCUT2D eigenvalue weighted by Gasteiger charge is -2.18. The zero-order chi connectivity index (χ0) is 13.2. The van der Waals surface area contributed by atoms with Crippen LogP contribution in [0.2, 0.25) is 0 Å². The first-order valence-corrected chi connectivity index (χ1v) is 8.08. The van der Waals surface area contributed by atoms with Crippen molar-refractivity contribution in [2.45, 2.75) is 39.0 Å². The summed E-state index contributed by atoms with van der Waals surface area (Å²) in [5.74, 6) is 1.04. The second kappa shape index (κ2) is 5.59. The van der Waals surface area contributed by atoms with Crippen LogP contribution in [-0.2, 0) is 17.6 Å². The number of fused-ring (bicyclic) bond motifs is 1. The van der Waals surface area contributed by atoms with Gasteiger partial charge in [-0.3, -0.25) is 4.79 Å². The molecule has 1 amide bonds. The molecular formula is C14H21N3OS. The van der Waals surface area contributed by atoms with E-state index >= 15 is 0 Å². The fraction of sp³-hybridized carbons (Fsp3) is 0.714. The van der Waals surface area contributed by atoms with Crippen molar-refractivity contribution in [3.63, 3.8) is 0 Å². The second-order valence-electron chi connectivity index (χ2n) is 5.58. The van der Waals surface area contributed by atoms with E-state index in [4.69, 9.17) is 0 Å². The topological polar surface area (TPSA) is 54.0 Å². The average Bonchev–Trinajstić information content (AvgIpc) is 3.06. The summed E-state index contributed by atoms with van der Waals surface area (Å²) in [7, 11) is 0. The molecule has 0 radical (unpaired) electrons. The number of nitrogens with zero attached hydrogens (tertiary/aromatic N) is 1. The van der Waals surface area contributed by atoms with E-state index in [0.29, 0.717) is 0 Å². The van der Waals surface area contributed by atoms with Crippen molar-refractivity contribution in [3.05, 3.63) is 10.6 Å². The maximum Gasteiger partial charge on any atom is 0.230 e. The largest absolute Gasteiger partial charge is 0.316 e. The van der Waals surface area contributed by atoms with Gasteiger partial charge in [-0.2, -0.15) is 0 Å². The van der Waals surface area contributed by atoms with Crippen molar-refractivity contribution in [1.29, 1.82) is 0 Å². The van der Waals surface area contributed by atoms with Gasteiger partial charge in [-0.15, -0.1) is 11.3 Å². The van der Waals surface area contributed by atoms with Crippen LogP contribution in [0.3, 0.4) is 0 Å². The standard InChI is InChI=1S/C14H21N3OS/c1-2-9-3-4-11-12(7-9)19-14(16-11)17-13(18)10-5-6-15-8-10/h9-10,15H,2-8H2,1H3,(H,16,17,18). The lowest BCUT2D eigenvalue weighted by Crippen LogP contribution is -2.24. The number of rotatable bonds is 3. The second-order valence-corrected chi connectivity index (χ2v) is 6.67. The quantitative estimate of drug-likeness (QED) is 0.892. The van der Waals surface area contributed by atoms with Crippen LogP contribution in [0.4, 0.5) is 5.13 Å². The summed E-state index contributed by atoms with van der Waals surface area (Å²) >= 11 is 1.68. The Balaban J connectivity index is 1.66. The maximum absolute atomic E-state index is 12.1. The van der Waals surface area contributed by atoms with E-state index < -0.39 is 0 Å². The van der Waals surface area contributed by atoms with Crippen LogP contribution in [0.15, 0.2) is 0 Å². The zero-order valence-electron chi connectivity index (χ0n) is 11.4. The van der Waals surface area contributed by atoms with E-state index in [1.165, 1.54) is 23.4 Å². The lowest BCUT2D eigenvalue weighted by atomic mass is 9.89. The molecular weight excluding hydrogens is 258 g/mol. The highest BCUT2D eigenvalue weighted by molar-refractivity contribution is 7.15. The van der Waals surface area contributed by atoms with Gasteiger partial charge in [0.15, 0.2) is 5.13 Å². The summed E-state index contributed by atoms with van der Waals surface area (Å²) in [5.41, 5.74) is 1.22. The van der Waals surface area contributed by atoms with Gasteiger partial charge < -0.3 is 10.6 Å². The van der Waals surface area contributed by atoms with E-state index in [2.05, 4.69) is 22.5 Å². The Hall–Kier alpha value is -0.940. The first-order valence-electron chi connectivity index (χ1n) is 7.26. The fourth-order valence-electron chi connectivity index (χ4n) is 2.93. The third kappa shape index (κ3) is 2.82. The predicted molar refractivity (Wildman–Crippen MR) is 77.5 cm³/mol. The third-order valence-electron chi connectivity index (χ3n) is 4.28. The summed E-state index contributed by atoms with van der Waals surface area (Å²) in [6.07, 6.45) is 5.64. The van der Waals surface area contributed by atoms with E-state index in [-0.39, 0.29) is 11.8 Å². The van der Waals surface area contributed by atoms with Crippen molar-refractivity contribution in [1.82, 2.24) is 10.3 Å². The van der Waals surface area contributed by atoms with Crippen molar-refractivity contribution < 1.29 is 4.79 Å². The summed E-state index contributed by atoms with van der Waals surface area (Å²) in [5, 5.41) is 7.03. The number of aromatic nitrogens is 1. The molecule has 2 atom stereocenters. The minimum Gasteiger partial charge on any atom is -0.316 e. The first kappa shape index (κ1) is 13.1. The molecule has 1 aliphatic carbocycles. The summed E-state index contributed by atoms with van der Waals surface area (Å²) in [6.45, 7) is 4.01. The number of aryl methyl sites for hydroxylation is 1. The molecule has 0 saturated carbocycles. The van der Waals surface area contributed by atoms with E-state index in [0.717, 1.165) is 43.4 Å². The molecule has 0 bridgehead atoms. The van der Waals surface area contributed by atoms with Crippen molar-refractivity contribution in [2.24, 2.45) is 11.8 Å². The molecule has 1 saturated heterocycles. The van der Waals surface area contributed by atoms with Gasteiger partial charge in [0.25, 0.3) is 0 Å². The minimum atomic E-state index is 0.115. The minimum absolute atomic E-state index is 0.115. The van der Waals surface area contributed by atoms with Crippen molar-refractivity contribution in [2.75, 3.05) is 18.4 Å². The van der Waals surface area contributed by atoms with Crippen LogP contribution < -0.4 is 10.6 Å². The molecule has 1 aromatic heterocycles. The predicted octanol–water partition coefficient (Wildman–Crippen LogP) is 2.21. The Morgan fingerprint density at radius 3 is 3.16 bits per heavy atom. The molecule has 2 N–H and O–H groups in total. The third-order valence-corrected chi connectivity index (χ3v) is 5.32. The van der Waals surface area contributed by atoms with Crippen LogP contribution >= 0.6 is 11.3 Å². The smallest absolute Gasteiger partial charge is 0.230 e. The van der Waals surface area contributed by atoms with Gasteiger partial charge in [0.2, 0.25) is 5.91 Å². The molecule has 2 heterocycles. The molecule has 0 aromatic carbocycles. The number of nitrogens with one attached hydrogen (secondary N) is 2. The molecule has 1 fully saturated rings. The molecule has 2 aliphatic rings. The van der Waals surface area contributed by atoms with Gasteiger partial charge in [-0.25, -0.2) is 4.98 Å². The number of thiazole rings is 1. The molecule has 3 rings (SSSR count). The molecule has 104 valence electrons. The summed E-state index contributed by atoms with van der Waals surface area (Å²) in [6, 6.07) is 0. The zero-order valence-corrected chi connectivity index (χ0v) is 12.2. The van der Waals surface area contributed by atoms with Crippen LogP contribution in [0, 0.1) is 11.8 Å². The fourth-order valence-corrected chi connectivity index (χ4v) is 4.06. The highest BCUT2D eigenvalue weighted by Gasteiger charge is 2.25. The van der Waals surface area contributed by atoms with Gasteiger partial charge in [0.1, 0.15) is 0 Å². The van der Waals surface area contributed by atoms with Gasteiger partial charge in [-0.05, 0) is 38.1 Å². The number of anilines is 1. The normalized spacial score (nSPS) is 26.2. The van der Waals surface area contributed by atoms with Crippen LogP contribution in [0.25, 0.3) is 0 Å². The Morgan fingerprint density at radius 1 is 1.53 bits per heavy atom. The van der Waals surface area contributed by atoms with Crippen molar-refractivity contribution >= 4 is 22.4 Å². The van der Waals surface area contributed by atoms with Gasteiger partial charge in [0.05, 0.1) is 11.6 Å². The van der Waals surface area contributed by atoms with Gasteiger partial charge in [-0.1, -0.05) is 13.3 Å². The molecule has 5 heteroatoms. The van der Waals surface area contributed by atoms with E-state index in [1.807, 2.05) is 0 Å². The highest BCUT2D eigenvalue weighted by atomic mass is 32.1. The summed E-state index contributed by atoms with van der Waals surface area (Å²) in [4.78, 5) is 18.0. The molecule has 1 aliphatic heterocycles. The highest BCUT2D eigenvalue weighted by Crippen LogP contribution is 2.33. The Bertz CT molecular complexity index is 465. The number of carbonyl (C=O) groups excluding carboxylic acids is 1. The Labute approximate surface area is 118 Å². The molecule has 2 unspecified atom stereocenters. The first-order chi connectivity index (χ1) is 9.26. The van der Waals surface area contributed by atoms with Gasteiger partial charge in [0, 0.05) is 11.4 Å². The molecule has 4 nitrogen and oxygen atoms in total. The average molecular weight is 279 g/mol. The van der Waals surface area contributed by atoms with Crippen LogP contribution in [0.5, 0.6) is 0 Å². The Kier molecular flexibility index (Phi) is 3.84. The number of hydrogen-bond donors (Lipinski definition) is 2. The van der Waals surface area contributed by atoms with E-state index in [9.17, 15) is 4.79 Å². The molecule has 19 heavy (non-hydrogen) atoms. The summed E-state index contributed by atoms with van der Waals surface area (Å²) < 4.78 is 0. The number of carbonyl (C=O) groups is 1. The SMILES string of the molecule is CCC1CCc2nc(NC(=O)C3CCNC3)sc2C1. The van der Waals surface area contributed by atoms with Crippen molar-refractivity contribution in [3.8, 4) is 0 Å². The van der Waals surface area contributed by atoms with Gasteiger partial charge >= 0.3 is 0 Å². The lowest BCUT2D eigenvalue weighted by molar-refractivity contribution is -0.119. The molecule has 1 aromatic rings. The van der Waals surface area contributed by atoms with Crippen LogP contribution in [0.1, 0.15) is 36.8 Å².